The largest absolute Gasteiger partial charge is 0.496 e. The third kappa shape index (κ3) is 5.80. The van der Waals surface area contributed by atoms with Crippen LogP contribution in [0.3, 0.4) is 0 Å². The van der Waals surface area contributed by atoms with Crippen molar-refractivity contribution in [1.82, 2.24) is 10.6 Å². The summed E-state index contributed by atoms with van der Waals surface area (Å²) < 4.78 is 11.0. The maximum Gasteiger partial charge on any atom is 0.191 e. The number of guanidine groups is 1. The van der Waals surface area contributed by atoms with Gasteiger partial charge in [0.2, 0.25) is 0 Å². The summed E-state index contributed by atoms with van der Waals surface area (Å²) >= 11 is 0. The summed E-state index contributed by atoms with van der Waals surface area (Å²) in [5.41, 5.74) is 2.19. The van der Waals surface area contributed by atoms with Gasteiger partial charge in [-0.15, -0.1) is 0 Å². The zero-order valence-corrected chi connectivity index (χ0v) is 15.2. The first-order valence-corrected chi connectivity index (χ1v) is 8.50. The van der Waals surface area contributed by atoms with E-state index in [1.54, 1.807) is 14.2 Å². The number of aliphatic imine (C=N–C) groups is 1. The van der Waals surface area contributed by atoms with Gasteiger partial charge in [0, 0.05) is 25.8 Å². The number of ether oxygens (including phenoxy) is 2. The van der Waals surface area contributed by atoms with Crippen molar-refractivity contribution in [2.45, 2.75) is 19.6 Å². The highest BCUT2D eigenvalue weighted by atomic mass is 16.5. The third-order valence-electron chi connectivity index (χ3n) is 3.86. The van der Waals surface area contributed by atoms with Gasteiger partial charge in [-0.25, -0.2) is 4.99 Å². The molecule has 0 radical (unpaired) electrons. The Labute approximate surface area is 150 Å². The minimum Gasteiger partial charge on any atom is -0.496 e. The number of para-hydroxylation sites is 1. The molecule has 2 N–H and O–H groups in total. The number of rotatable bonds is 8. The lowest BCUT2D eigenvalue weighted by Crippen LogP contribution is -2.39. The molecule has 0 aliphatic carbocycles. The van der Waals surface area contributed by atoms with Gasteiger partial charge in [-0.1, -0.05) is 48.5 Å². The zero-order chi connectivity index (χ0) is 17.9. The van der Waals surface area contributed by atoms with Gasteiger partial charge in [-0.2, -0.15) is 0 Å². The van der Waals surface area contributed by atoms with E-state index < -0.39 is 0 Å². The fourth-order valence-electron chi connectivity index (χ4n) is 2.53. The Bertz CT molecular complexity index is 659. The van der Waals surface area contributed by atoms with E-state index >= 15 is 0 Å². The highest BCUT2D eigenvalue weighted by Gasteiger charge is 2.11. The Morgan fingerprint density at radius 3 is 2.40 bits per heavy atom. The van der Waals surface area contributed by atoms with Crippen LogP contribution in [0, 0.1) is 0 Å². The molecular formula is C20H27N3O2. The molecule has 5 heteroatoms. The maximum atomic E-state index is 5.60. The highest BCUT2D eigenvalue weighted by molar-refractivity contribution is 5.79. The summed E-state index contributed by atoms with van der Waals surface area (Å²) in [7, 11) is 3.40. The number of methoxy groups -OCH3 is 2. The summed E-state index contributed by atoms with van der Waals surface area (Å²) in [5, 5.41) is 6.61. The van der Waals surface area contributed by atoms with Crippen LogP contribution in [-0.4, -0.2) is 33.3 Å². The minimum absolute atomic E-state index is 0.0312. The van der Waals surface area contributed by atoms with Crippen LogP contribution in [0.25, 0.3) is 0 Å². The van der Waals surface area contributed by atoms with E-state index in [1.165, 1.54) is 0 Å². The van der Waals surface area contributed by atoms with E-state index in [0.717, 1.165) is 29.4 Å². The molecule has 0 aliphatic heterocycles. The van der Waals surface area contributed by atoms with Crippen molar-refractivity contribution in [2.75, 3.05) is 27.3 Å². The molecule has 2 rings (SSSR count). The van der Waals surface area contributed by atoms with Crippen molar-refractivity contribution < 1.29 is 9.47 Å². The molecule has 0 saturated heterocycles. The second-order valence-electron chi connectivity index (χ2n) is 5.52. The van der Waals surface area contributed by atoms with Gasteiger partial charge < -0.3 is 20.1 Å². The summed E-state index contributed by atoms with van der Waals surface area (Å²) in [6.45, 7) is 4.02. The zero-order valence-electron chi connectivity index (χ0n) is 15.2. The second kappa shape index (κ2) is 10.4. The SMILES string of the molecule is CCNC(=NCc1ccccc1OC)NCC(OC)c1ccccc1. The Hall–Kier alpha value is -2.53. The molecule has 0 amide bonds. The lowest BCUT2D eigenvalue weighted by atomic mass is 10.1. The van der Waals surface area contributed by atoms with E-state index in [1.807, 2.05) is 49.4 Å². The summed E-state index contributed by atoms with van der Waals surface area (Å²) in [4.78, 5) is 4.65. The number of hydrogen-bond acceptors (Lipinski definition) is 3. The Balaban J connectivity index is 2.02. The molecule has 1 atom stereocenters. The maximum absolute atomic E-state index is 5.60. The topological polar surface area (TPSA) is 54.9 Å². The van der Waals surface area contributed by atoms with Crippen molar-refractivity contribution in [3.8, 4) is 5.75 Å². The van der Waals surface area contributed by atoms with Crippen LogP contribution < -0.4 is 15.4 Å². The van der Waals surface area contributed by atoms with Crippen LogP contribution in [0.15, 0.2) is 59.6 Å². The van der Waals surface area contributed by atoms with Gasteiger partial charge in [0.1, 0.15) is 5.75 Å². The molecule has 0 aromatic heterocycles. The first-order chi connectivity index (χ1) is 12.3. The van der Waals surface area contributed by atoms with E-state index in [2.05, 4.69) is 27.8 Å². The predicted molar refractivity (Wildman–Crippen MR) is 102 cm³/mol. The fourth-order valence-corrected chi connectivity index (χ4v) is 2.53. The average molecular weight is 341 g/mol. The molecule has 0 saturated carbocycles. The molecule has 1 unspecified atom stereocenters. The van der Waals surface area contributed by atoms with Crippen LogP contribution in [0.5, 0.6) is 5.75 Å². The smallest absolute Gasteiger partial charge is 0.191 e. The van der Waals surface area contributed by atoms with Crippen molar-refractivity contribution in [3.05, 3.63) is 65.7 Å². The summed E-state index contributed by atoms with van der Waals surface area (Å²) in [5.74, 6) is 1.60. The third-order valence-corrected chi connectivity index (χ3v) is 3.86. The lowest BCUT2D eigenvalue weighted by Gasteiger charge is -2.18. The van der Waals surface area contributed by atoms with Crippen LogP contribution >= 0.6 is 0 Å². The first-order valence-electron chi connectivity index (χ1n) is 8.50. The molecule has 0 aliphatic rings. The predicted octanol–water partition coefficient (Wildman–Crippen LogP) is 3.14. The highest BCUT2D eigenvalue weighted by Crippen LogP contribution is 2.18. The van der Waals surface area contributed by atoms with E-state index in [4.69, 9.17) is 9.47 Å². The molecule has 25 heavy (non-hydrogen) atoms. The van der Waals surface area contributed by atoms with Gasteiger partial charge in [0.15, 0.2) is 5.96 Å². The van der Waals surface area contributed by atoms with Gasteiger partial charge in [-0.3, -0.25) is 0 Å². The van der Waals surface area contributed by atoms with Gasteiger partial charge in [-0.05, 0) is 18.6 Å². The van der Waals surface area contributed by atoms with Crippen LogP contribution in [0.2, 0.25) is 0 Å². The average Bonchev–Trinajstić information content (AvgIpc) is 2.67. The van der Waals surface area contributed by atoms with Crippen LogP contribution in [-0.2, 0) is 11.3 Å². The minimum atomic E-state index is -0.0312. The number of nitrogens with zero attached hydrogens (tertiary/aromatic N) is 1. The molecule has 0 heterocycles. The van der Waals surface area contributed by atoms with Gasteiger partial charge in [0.05, 0.1) is 19.8 Å². The second-order valence-corrected chi connectivity index (χ2v) is 5.52. The number of benzene rings is 2. The van der Waals surface area contributed by atoms with Gasteiger partial charge in [0.25, 0.3) is 0 Å². The molecule has 2 aromatic rings. The molecule has 134 valence electrons. The normalized spacial score (nSPS) is 12.5. The monoisotopic (exact) mass is 341 g/mol. The molecule has 2 aromatic carbocycles. The summed E-state index contributed by atoms with van der Waals surface area (Å²) in [6.07, 6.45) is -0.0312. The number of hydrogen-bond donors (Lipinski definition) is 2. The van der Waals surface area contributed by atoms with Gasteiger partial charge >= 0.3 is 0 Å². The van der Waals surface area contributed by atoms with E-state index in [9.17, 15) is 0 Å². The number of nitrogens with one attached hydrogen (secondary N) is 2. The molecule has 0 spiro atoms. The van der Waals surface area contributed by atoms with Crippen molar-refractivity contribution >= 4 is 5.96 Å². The van der Waals surface area contributed by atoms with Crippen molar-refractivity contribution in [2.24, 2.45) is 4.99 Å². The Morgan fingerprint density at radius 2 is 1.72 bits per heavy atom. The molecule has 0 bridgehead atoms. The summed E-state index contributed by atoms with van der Waals surface area (Å²) in [6, 6.07) is 18.1. The Morgan fingerprint density at radius 1 is 1.00 bits per heavy atom. The standard InChI is InChI=1S/C20H27N3O2/c1-4-21-20(22-14-17-12-8-9-13-18(17)24-2)23-15-19(25-3)16-10-6-5-7-11-16/h5-13,19H,4,14-15H2,1-3H3,(H2,21,22,23). The molecule has 5 nitrogen and oxygen atoms in total. The lowest BCUT2D eigenvalue weighted by molar-refractivity contribution is 0.106. The van der Waals surface area contributed by atoms with Crippen molar-refractivity contribution in [3.63, 3.8) is 0 Å². The Kier molecular flexibility index (Phi) is 7.79. The fraction of sp³-hybridized carbons (Fsp3) is 0.350. The van der Waals surface area contributed by atoms with Crippen LogP contribution in [0.4, 0.5) is 0 Å². The quantitative estimate of drug-likeness (QED) is 0.572. The van der Waals surface area contributed by atoms with E-state index in [-0.39, 0.29) is 6.10 Å². The van der Waals surface area contributed by atoms with Crippen LogP contribution in [0.1, 0.15) is 24.2 Å². The first kappa shape index (κ1) is 18.8. The van der Waals surface area contributed by atoms with Crippen molar-refractivity contribution in [1.29, 1.82) is 0 Å². The molecular weight excluding hydrogens is 314 g/mol. The van der Waals surface area contributed by atoms with E-state index in [0.29, 0.717) is 13.1 Å². The molecule has 0 fully saturated rings.